The molecule has 6 heteroatoms. The maximum atomic E-state index is 10.6. The second-order valence-electron chi connectivity index (χ2n) is 3.84. The summed E-state index contributed by atoms with van der Waals surface area (Å²) in [4.78, 5) is 21.0. The summed E-state index contributed by atoms with van der Waals surface area (Å²) in [6, 6.07) is 0. The third-order valence-electron chi connectivity index (χ3n) is 1.92. The van der Waals surface area contributed by atoms with Gasteiger partial charge in [-0.3, -0.25) is 0 Å². The van der Waals surface area contributed by atoms with Crippen LogP contribution in [0, 0.1) is 0 Å². The monoisotopic (exact) mass is 272 g/mol. The zero-order valence-corrected chi connectivity index (χ0v) is 11.3. The summed E-state index contributed by atoms with van der Waals surface area (Å²) >= 11 is 0. The van der Waals surface area contributed by atoms with Gasteiger partial charge in [-0.15, -0.1) is 0 Å². The molecular formula is C13H20O6. The number of hydrogen-bond acceptors (Lipinski definition) is 6. The molecule has 1 rings (SSSR count). The fraction of sp³-hybridized carbons (Fsp3) is 0.538. The van der Waals surface area contributed by atoms with E-state index in [2.05, 4.69) is 22.6 Å². The highest BCUT2D eigenvalue weighted by Gasteiger charge is 2.23. The van der Waals surface area contributed by atoms with E-state index >= 15 is 0 Å². The van der Waals surface area contributed by atoms with Crippen molar-refractivity contribution in [3.8, 4) is 0 Å². The maximum Gasteiger partial charge on any atom is 0.335 e. The summed E-state index contributed by atoms with van der Waals surface area (Å²) in [5.74, 6) is -0.931. The highest BCUT2D eigenvalue weighted by atomic mass is 16.6. The molecule has 0 saturated carbocycles. The molecule has 1 fully saturated rings. The molecule has 1 heterocycles. The molecule has 1 aliphatic heterocycles. The minimum atomic E-state index is -0.996. The lowest BCUT2D eigenvalue weighted by Crippen LogP contribution is -2.16. The van der Waals surface area contributed by atoms with Gasteiger partial charge in [-0.1, -0.05) is 20.1 Å². The first-order valence-corrected chi connectivity index (χ1v) is 5.86. The van der Waals surface area contributed by atoms with Crippen LogP contribution in [0.3, 0.4) is 0 Å². The van der Waals surface area contributed by atoms with Crippen molar-refractivity contribution in [2.24, 2.45) is 0 Å². The number of carbonyl (C=O) groups is 2. The smallest absolute Gasteiger partial charge is 0.335 e. The lowest BCUT2D eigenvalue weighted by Gasteiger charge is -2.08. The molecule has 0 amide bonds. The van der Waals surface area contributed by atoms with Crippen molar-refractivity contribution in [2.75, 3.05) is 13.2 Å². The second-order valence-corrected chi connectivity index (χ2v) is 3.84. The largest absolute Gasteiger partial charge is 0.460 e. The number of rotatable bonds is 6. The Bertz CT molecular complexity index is 332. The Hall–Kier alpha value is -1.66. The highest BCUT2D eigenvalue weighted by Crippen LogP contribution is 2.08. The van der Waals surface area contributed by atoms with Crippen molar-refractivity contribution in [3.05, 3.63) is 24.8 Å². The van der Waals surface area contributed by atoms with Crippen LogP contribution >= 0.6 is 0 Å². The van der Waals surface area contributed by atoms with Gasteiger partial charge >= 0.3 is 11.9 Å². The molecule has 1 N–H and O–H groups in total. The van der Waals surface area contributed by atoms with E-state index < -0.39 is 12.3 Å². The molecule has 0 radical (unpaired) electrons. The van der Waals surface area contributed by atoms with E-state index in [-0.39, 0.29) is 12.1 Å². The minimum absolute atomic E-state index is 0.147. The van der Waals surface area contributed by atoms with Gasteiger partial charge in [-0.2, -0.15) is 0 Å². The van der Waals surface area contributed by atoms with E-state index in [1.54, 1.807) is 6.92 Å². The molecule has 108 valence electrons. The fourth-order valence-corrected chi connectivity index (χ4v) is 0.706. The van der Waals surface area contributed by atoms with Gasteiger partial charge in [0.15, 0.2) is 0 Å². The van der Waals surface area contributed by atoms with Crippen LogP contribution in [0.4, 0.5) is 0 Å². The van der Waals surface area contributed by atoms with Crippen LogP contribution in [0.1, 0.15) is 20.3 Å². The SMILES string of the molecule is C=C(C)C(=O)OC(O)CC.C=CC(=O)OCC1CO1. The highest BCUT2D eigenvalue weighted by molar-refractivity contribution is 5.86. The van der Waals surface area contributed by atoms with Gasteiger partial charge in [0.1, 0.15) is 12.7 Å². The summed E-state index contributed by atoms with van der Waals surface area (Å²) in [5, 5.41) is 8.79. The van der Waals surface area contributed by atoms with E-state index in [9.17, 15) is 9.59 Å². The number of epoxide rings is 1. The van der Waals surface area contributed by atoms with Gasteiger partial charge in [-0.25, -0.2) is 9.59 Å². The van der Waals surface area contributed by atoms with E-state index in [1.165, 1.54) is 6.92 Å². The van der Waals surface area contributed by atoms with Gasteiger partial charge < -0.3 is 19.3 Å². The summed E-state index contributed by atoms with van der Waals surface area (Å²) in [7, 11) is 0. The van der Waals surface area contributed by atoms with Crippen molar-refractivity contribution in [1.29, 1.82) is 0 Å². The number of hydrogen-bond donors (Lipinski definition) is 1. The van der Waals surface area contributed by atoms with Gasteiger partial charge in [0.25, 0.3) is 0 Å². The molecule has 0 aliphatic carbocycles. The van der Waals surface area contributed by atoms with Gasteiger partial charge in [0, 0.05) is 18.1 Å². The molecule has 2 unspecified atom stereocenters. The normalized spacial score (nSPS) is 17.3. The van der Waals surface area contributed by atoms with Crippen molar-refractivity contribution in [1.82, 2.24) is 0 Å². The average Bonchev–Trinajstić information content (AvgIpc) is 3.20. The Kier molecular flexibility index (Phi) is 8.48. The van der Waals surface area contributed by atoms with Crippen LogP contribution in [-0.2, 0) is 23.8 Å². The predicted octanol–water partition coefficient (Wildman–Crippen LogP) is 0.948. The Morgan fingerprint density at radius 2 is 2.16 bits per heavy atom. The van der Waals surface area contributed by atoms with Crippen molar-refractivity contribution in [3.63, 3.8) is 0 Å². The fourth-order valence-electron chi connectivity index (χ4n) is 0.706. The zero-order chi connectivity index (χ0) is 14.8. The molecule has 0 aromatic heterocycles. The quantitative estimate of drug-likeness (QED) is 0.335. The van der Waals surface area contributed by atoms with Crippen LogP contribution < -0.4 is 0 Å². The standard InChI is InChI=1S/C7H12O3.C6H8O3/c1-4-6(8)10-7(9)5(2)3;1-2-6(7)9-4-5-3-8-5/h6,8H,2,4H2,1,3H3;2,5H,1,3-4H2. The lowest BCUT2D eigenvalue weighted by atomic mass is 10.3. The predicted molar refractivity (Wildman–Crippen MR) is 68.1 cm³/mol. The molecule has 0 bridgehead atoms. The molecule has 0 spiro atoms. The third-order valence-corrected chi connectivity index (χ3v) is 1.92. The van der Waals surface area contributed by atoms with Crippen LogP contribution in [-0.4, -0.2) is 42.7 Å². The van der Waals surface area contributed by atoms with Crippen LogP contribution in [0.2, 0.25) is 0 Å². The zero-order valence-electron chi connectivity index (χ0n) is 11.3. The number of carbonyl (C=O) groups excluding carboxylic acids is 2. The molecule has 1 saturated heterocycles. The molecule has 19 heavy (non-hydrogen) atoms. The van der Waals surface area contributed by atoms with Crippen molar-refractivity contribution in [2.45, 2.75) is 32.7 Å². The number of aliphatic hydroxyl groups excluding tert-OH is 1. The maximum absolute atomic E-state index is 10.6. The Balaban J connectivity index is 0.000000342. The molecular weight excluding hydrogens is 252 g/mol. The van der Waals surface area contributed by atoms with Gasteiger partial charge in [0.05, 0.1) is 6.61 Å². The van der Waals surface area contributed by atoms with Crippen LogP contribution in [0.5, 0.6) is 0 Å². The molecule has 0 aromatic carbocycles. The Morgan fingerprint density at radius 1 is 1.58 bits per heavy atom. The number of esters is 2. The molecule has 1 aliphatic rings. The van der Waals surface area contributed by atoms with Crippen LogP contribution in [0.25, 0.3) is 0 Å². The summed E-state index contributed by atoms with van der Waals surface area (Å²) in [6.45, 7) is 10.9. The van der Waals surface area contributed by atoms with Crippen molar-refractivity contribution >= 4 is 11.9 Å². The first kappa shape index (κ1) is 17.3. The second kappa shape index (κ2) is 9.29. The average molecular weight is 272 g/mol. The summed E-state index contributed by atoms with van der Waals surface area (Å²) < 4.78 is 13.9. The number of ether oxygens (including phenoxy) is 3. The van der Waals surface area contributed by atoms with E-state index in [0.717, 1.165) is 6.08 Å². The lowest BCUT2D eigenvalue weighted by molar-refractivity contribution is -0.163. The first-order valence-electron chi connectivity index (χ1n) is 5.86. The van der Waals surface area contributed by atoms with Gasteiger partial charge in [-0.05, 0) is 6.92 Å². The van der Waals surface area contributed by atoms with E-state index in [4.69, 9.17) is 9.84 Å². The van der Waals surface area contributed by atoms with Crippen molar-refractivity contribution < 1.29 is 28.9 Å². The first-order chi connectivity index (χ1) is 8.90. The minimum Gasteiger partial charge on any atom is -0.460 e. The Morgan fingerprint density at radius 3 is 2.53 bits per heavy atom. The molecule has 0 aromatic rings. The molecule has 2 atom stereocenters. The summed E-state index contributed by atoms with van der Waals surface area (Å²) in [5.41, 5.74) is 0.299. The number of aliphatic hydroxyl groups is 1. The summed E-state index contributed by atoms with van der Waals surface area (Å²) in [6.07, 6.45) is 0.694. The Labute approximate surface area is 112 Å². The van der Waals surface area contributed by atoms with E-state index in [0.29, 0.717) is 25.2 Å². The van der Waals surface area contributed by atoms with Crippen LogP contribution in [0.15, 0.2) is 24.8 Å². The molecule has 6 nitrogen and oxygen atoms in total. The van der Waals surface area contributed by atoms with Gasteiger partial charge in [0.2, 0.25) is 6.29 Å². The third kappa shape index (κ3) is 9.99. The van der Waals surface area contributed by atoms with E-state index in [1.807, 2.05) is 0 Å². The topological polar surface area (TPSA) is 85.4 Å².